The van der Waals surface area contributed by atoms with Crippen molar-refractivity contribution in [3.63, 3.8) is 0 Å². The molecule has 16 heavy (non-hydrogen) atoms. The summed E-state index contributed by atoms with van der Waals surface area (Å²) in [4.78, 5) is 6.90. The van der Waals surface area contributed by atoms with E-state index < -0.39 is 0 Å². The van der Waals surface area contributed by atoms with E-state index >= 15 is 0 Å². The summed E-state index contributed by atoms with van der Waals surface area (Å²) >= 11 is 0. The van der Waals surface area contributed by atoms with Crippen LogP contribution in [0.15, 0.2) is 30.5 Å². The number of rotatable bonds is 2. The summed E-state index contributed by atoms with van der Waals surface area (Å²) < 4.78 is 0. The second-order valence-corrected chi connectivity index (χ2v) is 4.41. The molecule has 0 aliphatic carbocycles. The fourth-order valence-electron chi connectivity index (χ4n) is 2.14. The Morgan fingerprint density at radius 2 is 2.12 bits per heavy atom. The largest absolute Gasteiger partial charge is 0.370 e. The second-order valence-electron chi connectivity index (χ2n) is 4.41. The number of anilines is 1. The Hall–Kier alpha value is -1.57. The van der Waals surface area contributed by atoms with Gasteiger partial charge in [-0.15, -0.1) is 0 Å². The van der Waals surface area contributed by atoms with E-state index in [0.29, 0.717) is 0 Å². The highest BCUT2D eigenvalue weighted by molar-refractivity contribution is 5.82. The van der Waals surface area contributed by atoms with Gasteiger partial charge in [0.15, 0.2) is 0 Å². The lowest BCUT2D eigenvalue weighted by Gasteiger charge is -2.32. The molecular weight excluding hydrogens is 196 g/mol. The molecule has 2 heterocycles. The van der Waals surface area contributed by atoms with E-state index in [0.717, 1.165) is 11.9 Å². The molecule has 2 aromatic rings. The van der Waals surface area contributed by atoms with E-state index in [1.54, 1.807) is 0 Å². The molecule has 1 aliphatic rings. The van der Waals surface area contributed by atoms with E-state index in [1.165, 1.54) is 36.1 Å². The third kappa shape index (κ3) is 1.54. The van der Waals surface area contributed by atoms with Crippen molar-refractivity contribution in [3.8, 4) is 0 Å². The Morgan fingerprint density at radius 3 is 2.81 bits per heavy atom. The van der Waals surface area contributed by atoms with Gasteiger partial charge in [0.2, 0.25) is 0 Å². The number of fused-ring (bicyclic) bond motifs is 1. The number of aryl methyl sites for hydroxylation is 1. The quantitative estimate of drug-likeness (QED) is 0.760. The predicted molar refractivity (Wildman–Crippen MR) is 68.0 cm³/mol. The van der Waals surface area contributed by atoms with E-state index in [4.69, 9.17) is 0 Å². The maximum atomic E-state index is 4.52. The molecule has 0 bridgehead atoms. The van der Waals surface area contributed by atoms with Crippen LogP contribution in [0.2, 0.25) is 0 Å². The highest BCUT2D eigenvalue weighted by Gasteiger charge is 2.14. The molecule has 0 atom stereocenters. The maximum Gasteiger partial charge on any atom is 0.0703 e. The molecule has 2 nitrogen and oxygen atoms in total. The van der Waals surface area contributed by atoms with Gasteiger partial charge in [-0.3, -0.25) is 4.98 Å². The zero-order chi connectivity index (χ0) is 11.0. The molecule has 2 heteroatoms. The van der Waals surface area contributed by atoms with Crippen molar-refractivity contribution < 1.29 is 0 Å². The first-order valence-corrected chi connectivity index (χ1v) is 6.00. The molecule has 0 radical (unpaired) electrons. The Balaban J connectivity index is 2.07. The topological polar surface area (TPSA) is 16.1 Å². The van der Waals surface area contributed by atoms with Crippen molar-refractivity contribution in [3.05, 3.63) is 36.0 Å². The lowest BCUT2D eigenvalue weighted by Crippen LogP contribution is -2.36. The Labute approximate surface area is 95.9 Å². The highest BCUT2D eigenvalue weighted by Crippen LogP contribution is 2.24. The summed E-state index contributed by atoms with van der Waals surface area (Å²) in [5, 5.41) is 1.27. The molecule has 0 saturated carbocycles. The number of nitrogens with zero attached hydrogens (tertiary/aromatic N) is 2. The van der Waals surface area contributed by atoms with Crippen LogP contribution < -0.4 is 4.90 Å². The van der Waals surface area contributed by atoms with Gasteiger partial charge in [0.05, 0.1) is 17.4 Å². The predicted octanol–water partition coefficient (Wildman–Crippen LogP) is 3.01. The molecule has 1 aromatic carbocycles. The lowest BCUT2D eigenvalue weighted by molar-refractivity contribution is 0.617. The van der Waals surface area contributed by atoms with Crippen LogP contribution in [0.3, 0.4) is 0 Å². The normalized spacial score (nSPS) is 15.2. The molecule has 1 saturated heterocycles. The average molecular weight is 212 g/mol. The third-order valence-corrected chi connectivity index (χ3v) is 3.36. The molecule has 0 unspecified atom stereocenters. The van der Waals surface area contributed by atoms with Crippen LogP contribution in [0.25, 0.3) is 10.9 Å². The van der Waals surface area contributed by atoms with Gasteiger partial charge >= 0.3 is 0 Å². The zero-order valence-electron chi connectivity index (χ0n) is 9.61. The average Bonchev–Trinajstić information content (AvgIpc) is 2.26. The standard InChI is InChI=1S/C14H16N2/c1-2-11-4-5-14-12(8-11)9-13(10-15-14)16-6-3-7-16/h4-5,8-10H,2-3,6-7H2,1H3. The first kappa shape index (κ1) is 9.64. The molecule has 0 amide bonds. The van der Waals surface area contributed by atoms with Gasteiger partial charge in [-0.2, -0.15) is 0 Å². The molecule has 0 N–H and O–H groups in total. The zero-order valence-corrected chi connectivity index (χ0v) is 9.61. The third-order valence-electron chi connectivity index (χ3n) is 3.36. The molecule has 82 valence electrons. The van der Waals surface area contributed by atoms with Crippen LogP contribution in [-0.4, -0.2) is 18.1 Å². The van der Waals surface area contributed by atoms with Crippen molar-refractivity contribution in [1.29, 1.82) is 0 Å². The van der Waals surface area contributed by atoms with E-state index in [2.05, 4.69) is 41.1 Å². The fourth-order valence-corrected chi connectivity index (χ4v) is 2.14. The van der Waals surface area contributed by atoms with Crippen LogP contribution in [-0.2, 0) is 6.42 Å². The number of aromatic nitrogens is 1. The first-order valence-electron chi connectivity index (χ1n) is 6.00. The fraction of sp³-hybridized carbons (Fsp3) is 0.357. The molecule has 1 aromatic heterocycles. The van der Waals surface area contributed by atoms with Crippen molar-refractivity contribution >= 4 is 16.6 Å². The minimum Gasteiger partial charge on any atom is -0.370 e. The number of benzene rings is 1. The van der Waals surface area contributed by atoms with Crippen LogP contribution in [0.5, 0.6) is 0 Å². The number of pyridine rings is 1. The highest BCUT2D eigenvalue weighted by atomic mass is 15.2. The van der Waals surface area contributed by atoms with Crippen LogP contribution in [0.1, 0.15) is 18.9 Å². The minimum atomic E-state index is 1.09. The van der Waals surface area contributed by atoms with Crippen LogP contribution in [0.4, 0.5) is 5.69 Å². The van der Waals surface area contributed by atoms with E-state index in [9.17, 15) is 0 Å². The summed E-state index contributed by atoms with van der Waals surface area (Å²) in [6.45, 7) is 4.55. The van der Waals surface area contributed by atoms with Gasteiger partial charge in [-0.05, 0) is 36.6 Å². The van der Waals surface area contributed by atoms with Crippen molar-refractivity contribution in [2.24, 2.45) is 0 Å². The molecule has 0 spiro atoms. The summed E-state index contributed by atoms with van der Waals surface area (Å²) in [6.07, 6.45) is 4.39. The second kappa shape index (κ2) is 3.78. The Bertz CT molecular complexity index is 515. The Morgan fingerprint density at radius 1 is 1.25 bits per heavy atom. The van der Waals surface area contributed by atoms with E-state index in [-0.39, 0.29) is 0 Å². The van der Waals surface area contributed by atoms with Crippen molar-refractivity contribution in [1.82, 2.24) is 4.98 Å². The van der Waals surface area contributed by atoms with Gasteiger partial charge in [-0.25, -0.2) is 0 Å². The molecule has 1 aliphatic heterocycles. The van der Waals surface area contributed by atoms with Gasteiger partial charge < -0.3 is 4.90 Å². The number of hydrogen-bond acceptors (Lipinski definition) is 2. The lowest BCUT2D eigenvalue weighted by atomic mass is 10.1. The molecular formula is C14H16N2. The van der Waals surface area contributed by atoms with E-state index in [1.807, 2.05) is 6.20 Å². The maximum absolute atomic E-state index is 4.52. The van der Waals surface area contributed by atoms with Crippen LogP contribution in [0, 0.1) is 0 Å². The smallest absolute Gasteiger partial charge is 0.0703 e. The van der Waals surface area contributed by atoms with Gasteiger partial charge in [0.1, 0.15) is 0 Å². The van der Waals surface area contributed by atoms with Gasteiger partial charge in [0, 0.05) is 18.5 Å². The summed E-state index contributed by atoms with van der Waals surface area (Å²) in [5.74, 6) is 0. The molecule has 1 fully saturated rings. The van der Waals surface area contributed by atoms with Crippen molar-refractivity contribution in [2.45, 2.75) is 19.8 Å². The SMILES string of the molecule is CCc1ccc2ncc(N3CCC3)cc2c1. The summed E-state index contributed by atoms with van der Waals surface area (Å²) in [7, 11) is 0. The van der Waals surface area contributed by atoms with Gasteiger partial charge in [-0.1, -0.05) is 13.0 Å². The monoisotopic (exact) mass is 212 g/mol. The summed E-state index contributed by atoms with van der Waals surface area (Å²) in [6, 6.07) is 8.80. The summed E-state index contributed by atoms with van der Waals surface area (Å²) in [5.41, 5.74) is 3.75. The first-order chi connectivity index (χ1) is 7.86. The number of hydrogen-bond donors (Lipinski definition) is 0. The molecule has 3 rings (SSSR count). The van der Waals surface area contributed by atoms with Crippen LogP contribution >= 0.6 is 0 Å². The Kier molecular flexibility index (Phi) is 2.28. The van der Waals surface area contributed by atoms with Crippen molar-refractivity contribution in [2.75, 3.05) is 18.0 Å². The van der Waals surface area contributed by atoms with Gasteiger partial charge in [0.25, 0.3) is 0 Å². The minimum absolute atomic E-state index is 1.09.